The van der Waals surface area contributed by atoms with Crippen LogP contribution < -0.4 is 4.74 Å². The number of fused-ring (bicyclic) bond motifs is 1. The van der Waals surface area contributed by atoms with Crippen LogP contribution in [0.1, 0.15) is 11.1 Å². The molecule has 24 heavy (non-hydrogen) atoms. The minimum atomic E-state index is 0. The van der Waals surface area contributed by atoms with E-state index in [2.05, 4.69) is 54.4 Å². The maximum atomic E-state index is 5.59. The average Bonchev–Trinajstić information content (AvgIpc) is 3.05. The number of halogens is 1. The van der Waals surface area contributed by atoms with Gasteiger partial charge >= 0.3 is 0 Å². The number of likely N-dealkylation sites (N-methyl/N-ethyl adjacent to an activating group) is 1. The number of furan rings is 1. The molecular weight excluding hydrogens is 322 g/mol. The Morgan fingerprint density at radius 3 is 2.62 bits per heavy atom. The van der Waals surface area contributed by atoms with Crippen LogP contribution in [-0.4, -0.2) is 25.6 Å². The molecule has 3 aromatic rings. The van der Waals surface area contributed by atoms with E-state index in [0.29, 0.717) is 0 Å². The van der Waals surface area contributed by atoms with E-state index in [1.165, 1.54) is 11.1 Å². The molecule has 0 unspecified atom stereocenters. The van der Waals surface area contributed by atoms with Crippen LogP contribution in [0.5, 0.6) is 5.75 Å². The first-order valence-electron chi connectivity index (χ1n) is 7.70. The summed E-state index contributed by atoms with van der Waals surface area (Å²) >= 11 is 0. The van der Waals surface area contributed by atoms with Crippen LogP contribution in [0.4, 0.5) is 0 Å². The van der Waals surface area contributed by atoms with Gasteiger partial charge in [0.15, 0.2) is 0 Å². The van der Waals surface area contributed by atoms with E-state index in [4.69, 9.17) is 9.15 Å². The fraction of sp³-hybridized carbons (Fsp3) is 0.200. The number of benzene rings is 2. The van der Waals surface area contributed by atoms with Gasteiger partial charge in [-0.25, -0.2) is 0 Å². The predicted molar refractivity (Wildman–Crippen MR) is 102 cm³/mol. The Kier molecular flexibility index (Phi) is 6.47. The van der Waals surface area contributed by atoms with Gasteiger partial charge in [0, 0.05) is 24.0 Å². The van der Waals surface area contributed by atoms with E-state index in [1.807, 2.05) is 18.2 Å². The summed E-state index contributed by atoms with van der Waals surface area (Å²) in [6, 6.07) is 16.3. The van der Waals surface area contributed by atoms with Gasteiger partial charge < -0.3 is 9.15 Å². The lowest BCUT2D eigenvalue weighted by atomic mass is 10.1. The molecule has 2 aromatic carbocycles. The monoisotopic (exact) mass is 343 g/mol. The first-order chi connectivity index (χ1) is 11.3. The van der Waals surface area contributed by atoms with E-state index in [0.717, 1.165) is 29.8 Å². The molecule has 0 N–H and O–H groups in total. The Morgan fingerprint density at radius 1 is 1.08 bits per heavy atom. The summed E-state index contributed by atoms with van der Waals surface area (Å²) in [5.41, 5.74) is 3.37. The minimum absolute atomic E-state index is 0. The molecule has 0 aliphatic heterocycles. The van der Waals surface area contributed by atoms with Crippen LogP contribution in [-0.2, 0) is 6.54 Å². The molecule has 4 heteroatoms. The number of rotatable bonds is 6. The van der Waals surface area contributed by atoms with E-state index in [9.17, 15) is 0 Å². The van der Waals surface area contributed by atoms with E-state index >= 15 is 0 Å². The Morgan fingerprint density at radius 2 is 1.88 bits per heavy atom. The number of nitrogens with zero attached hydrogens (tertiary/aromatic N) is 1. The summed E-state index contributed by atoms with van der Waals surface area (Å²) in [7, 11) is 3.79. The molecule has 126 valence electrons. The van der Waals surface area contributed by atoms with E-state index < -0.39 is 0 Å². The van der Waals surface area contributed by atoms with Crippen LogP contribution in [0.3, 0.4) is 0 Å². The third kappa shape index (κ3) is 4.40. The Hall–Kier alpha value is -2.23. The maximum absolute atomic E-state index is 5.59. The van der Waals surface area contributed by atoms with Crippen LogP contribution in [0, 0.1) is 0 Å². The lowest BCUT2D eigenvalue weighted by Gasteiger charge is -2.14. The molecule has 0 spiro atoms. The Labute approximate surface area is 148 Å². The molecule has 0 fully saturated rings. The van der Waals surface area contributed by atoms with Gasteiger partial charge in [0.1, 0.15) is 11.3 Å². The first-order valence-corrected chi connectivity index (χ1v) is 7.70. The smallest absolute Gasteiger partial charge is 0.138 e. The van der Waals surface area contributed by atoms with Crippen molar-refractivity contribution in [3.05, 3.63) is 72.0 Å². The highest BCUT2D eigenvalue weighted by Gasteiger charge is 2.05. The zero-order chi connectivity index (χ0) is 16.1. The number of para-hydroxylation sites is 1. The summed E-state index contributed by atoms with van der Waals surface area (Å²) in [6.45, 7) is 1.74. The zero-order valence-corrected chi connectivity index (χ0v) is 14.8. The van der Waals surface area contributed by atoms with Crippen LogP contribution in [0.25, 0.3) is 17.0 Å². The molecule has 0 amide bonds. The summed E-state index contributed by atoms with van der Waals surface area (Å²) in [5, 5.41) is 1.16. The SMILES string of the molecule is COc1ccc(/C=C/CN(C)Cc2cccc3ccoc23)cc1.Cl. The van der Waals surface area contributed by atoms with Gasteiger partial charge in [-0.15, -0.1) is 12.4 Å². The molecule has 1 aromatic heterocycles. The van der Waals surface area contributed by atoms with Crippen molar-refractivity contribution in [3.8, 4) is 5.75 Å². The summed E-state index contributed by atoms with van der Waals surface area (Å²) in [6.07, 6.45) is 6.05. The topological polar surface area (TPSA) is 25.6 Å². The highest BCUT2D eigenvalue weighted by molar-refractivity contribution is 5.85. The molecule has 3 nitrogen and oxygen atoms in total. The molecule has 0 aliphatic carbocycles. The highest BCUT2D eigenvalue weighted by Crippen LogP contribution is 2.20. The van der Waals surface area contributed by atoms with Gasteiger partial charge in [-0.2, -0.15) is 0 Å². The number of hydrogen-bond donors (Lipinski definition) is 0. The fourth-order valence-corrected chi connectivity index (χ4v) is 2.62. The van der Waals surface area contributed by atoms with Crippen molar-refractivity contribution in [3.63, 3.8) is 0 Å². The molecule has 0 saturated carbocycles. The Balaban J connectivity index is 0.00000208. The van der Waals surface area contributed by atoms with Gasteiger partial charge in [0.2, 0.25) is 0 Å². The number of ether oxygens (including phenoxy) is 1. The third-order valence-electron chi connectivity index (χ3n) is 3.84. The number of hydrogen-bond acceptors (Lipinski definition) is 3. The molecule has 0 aliphatic rings. The molecule has 0 radical (unpaired) electrons. The van der Waals surface area contributed by atoms with Gasteiger partial charge in [-0.05, 0) is 30.8 Å². The first kappa shape index (κ1) is 18.1. The second kappa shape index (κ2) is 8.57. The van der Waals surface area contributed by atoms with Gasteiger partial charge in [0.25, 0.3) is 0 Å². The fourth-order valence-electron chi connectivity index (χ4n) is 2.62. The second-order valence-corrected chi connectivity index (χ2v) is 5.63. The second-order valence-electron chi connectivity index (χ2n) is 5.63. The van der Waals surface area contributed by atoms with Crippen molar-refractivity contribution in [2.24, 2.45) is 0 Å². The predicted octanol–water partition coefficient (Wildman–Crippen LogP) is 5.01. The number of methoxy groups -OCH3 is 1. The van der Waals surface area contributed by atoms with Crippen molar-refractivity contribution >= 4 is 29.5 Å². The summed E-state index contributed by atoms with van der Waals surface area (Å²) < 4.78 is 10.8. The molecule has 1 heterocycles. The lowest BCUT2D eigenvalue weighted by Crippen LogP contribution is -2.17. The molecule has 3 rings (SSSR count). The molecule has 0 bridgehead atoms. The van der Waals surface area contributed by atoms with Crippen LogP contribution in [0.2, 0.25) is 0 Å². The zero-order valence-electron chi connectivity index (χ0n) is 13.9. The van der Waals surface area contributed by atoms with Crippen molar-refractivity contribution in [2.45, 2.75) is 6.54 Å². The van der Waals surface area contributed by atoms with E-state index in [-0.39, 0.29) is 12.4 Å². The lowest BCUT2D eigenvalue weighted by molar-refractivity contribution is 0.363. The standard InChI is InChI=1S/C20H21NO2.ClH/c1-21(13-4-5-16-8-10-19(22-2)11-9-16)15-18-7-3-6-17-12-14-23-20(17)18;/h3-12,14H,13,15H2,1-2H3;1H/b5-4+;. The van der Waals surface area contributed by atoms with Crippen LogP contribution >= 0.6 is 12.4 Å². The molecular formula is C20H22ClNO2. The minimum Gasteiger partial charge on any atom is -0.497 e. The van der Waals surface area contributed by atoms with Gasteiger partial charge in [-0.1, -0.05) is 42.5 Å². The summed E-state index contributed by atoms with van der Waals surface area (Å²) in [4.78, 5) is 2.26. The van der Waals surface area contributed by atoms with Crippen molar-refractivity contribution in [2.75, 3.05) is 20.7 Å². The largest absolute Gasteiger partial charge is 0.497 e. The molecule has 0 saturated heterocycles. The highest BCUT2D eigenvalue weighted by atomic mass is 35.5. The van der Waals surface area contributed by atoms with Crippen molar-refractivity contribution < 1.29 is 9.15 Å². The van der Waals surface area contributed by atoms with Crippen LogP contribution in [0.15, 0.2) is 65.3 Å². The van der Waals surface area contributed by atoms with Crippen molar-refractivity contribution in [1.29, 1.82) is 0 Å². The normalized spacial score (nSPS) is 11.1. The van der Waals surface area contributed by atoms with E-state index in [1.54, 1.807) is 13.4 Å². The van der Waals surface area contributed by atoms with Crippen molar-refractivity contribution in [1.82, 2.24) is 4.90 Å². The summed E-state index contributed by atoms with van der Waals surface area (Å²) in [5.74, 6) is 0.880. The maximum Gasteiger partial charge on any atom is 0.138 e. The van der Waals surface area contributed by atoms with Gasteiger partial charge in [0.05, 0.1) is 13.4 Å². The quantitative estimate of drug-likeness (QED) is 0.629. The molecule has 0 atom stereocenters. The average molecular weight is 344 g/mol. The Bertz CT molecular complexity index is 793. The van der Waals surface area contributed by atoms with Gasteiger partial charge in [-0.3, -0.25) is 4.90 Å². The third-order valence-corrected chi connectivity index (χ3v) is 3.84.